The fraction of sp³-hybridized carbons (Fsp3) is 0.471. The number of aromatic nitrogens is 3. The summed E-state index contributed by atoms with van der Waals surface area (Å²) >= 11 is 0. The van der Waals surface area contributed by atoms with Crippen LogP contribution < -0.4 is 10.6 Å². The van der Waals surface area contributed by atoms with E-state index in [1.165, 1.54) is 0 Å². The van der Waals surface area contributed by atoms with E-state index in [0.29, 0.717) is 6.04 Å². The topological polar surface area (TPSA) is 62.7 Å². The summed E-state index contributed by atoms with van der Waals surface area (Å²) in [7, 11) is 0. The molecule has 5 heteroatoms. The van der Waals surface area contributed by atoms with Gasteiger partial charge in [-0.25, -0.2) is 9.97 Å². The maximum Gasteiger partial charge on any atom is 0.161 e. The van der Waals surface area contributed by atoms with Gasteiger partial charge in [-0.3, -0.25) is 4.98 Å². The number of piperidine rings is 1. The van der Waals surface area contributed by atoms with Crippen molar-refractivity contribution >= 4 is 5.82 Å². The van der Waals surface area contributed by atoms with Crippen molar-refractivity contribution in [1.29, 1.82) is 0 Å². The van der Waals surface area contributed by atoms with E-state index in [1.54, 1.807) is 12.4 Å². The summed E-state index contributed by atoms with van der Waals surface area (Å²) < 4.78 is 0. The third kappa shape index (κ3) is 3.80. The van der Waals surface area contributed by atoms with Crippen LogP contribution in [-0.4, -0.2) is 34.1 Å². The number of hydrogen-bond donors (Lipinski definition) is 2. The van der Waals surface area contributed by atoms with Crippen molar-refractivity contribution in [3.05, 3.63) is 36.3 Å². The highest BCUT2D eigenvalue weighted by atomic mass is 15.1. The molecule has 1 saturated heterocycles. The molecule has 0 aromatic carbocycles. The Morgan fingerprint density at radius 1 is 1.18 bits per heavy atom. The molecule has 1 aliphatic heterocycles. The Bertz CT molecular complexity index is 593. The molecule has 0 saturated carbocycles. The Labute approximate surface area is 131 Å². The van der Waals surface area contributed by atoms with Gasteiger partial charge in [0.15, 0.2) is 5.82 Å². The highest BCUT2D eigenvalue weighted by Gasteiger charge is 2.14. The molecular weight excluding hydrogens is 274 g/mol. The van der Waals surface area contributed by atoms with Gasteiger partial charge in [0, 0.05) is 35.8 Å². The molecule has 116 valence electrons. The van der Waals surface area contributed by atoms with Crippen molar-refractivity contribution in [2.75, 3.05) is 18.4 Å². The minimum absolute atomic E-state index is 0.496. The van der Waals surface area contributed by atoms with Crippen LogP contribution in [0.1, 0.15) is 31.9 Å². The van der Waals surface area contributed by atoms with E-state index in [2.05, 4.69) is 28.6 Å². The van der Waals surface area contributed by atoms with Crippen LogP contribution in [0, 0.1) is 0 Å². The minimum atomic E-state index is 0.496. The molecule has 5 nitrogen and oxygen atoms in total. The van der Waals surface area contributed by atoms with Gasteiger partial charge in [-0.1, -0.05) is 13.3 Å². The summed E-state index contributed by atoms with van der Waals surface area (Å²) in [5.41, 5.74) is 2.11. The zero-order valence-electron chi connectivity index (χ0n) is 13.0. The Balaban J connectivity index is 1.86. The average Bonchev–Trinajstić information content (AvgIpc) is 2.57. The van der Waals surface area contributed by atoms with Gasteiger partial charge in [0.05, 0.1) is 0 Å². The van der Waals surface area contributed by atoms with Gasteiger partial charge < -0.3 is 10.6 Å². The quantitative estimate of drug-likeness (QED) is 0.888. The lowest BCUT2D eigenvalue weighted by Gasteiger charge is -2.24. The standard InChI is InChI=1S/C17H23N5/c1-2-3-15-12-16(20-14-6-10-19-11-7-14)22-17(21-15)13-4-8-18-9-5-13/h4-5,8-9,12,14,19H,2-3,6-7,10-11H2,1H3,(H,20,21,22). The van der Waals surface area contributed by atoms with Crippen molar-refractivity contribution in [2.24, 2.45) is 0 Å². The van der Waals surface area contributed by atoms with Crippen LogP contribution in [0.3, 0.4) is 0 Å². The Morgan fingerprint density at radius 3 is 2.68 bits per heavy atom. The summed E-state index contributed by atoms with van der Waals surface area (Å²) in [5.74, 6) is 1.72. The zero-order valence-corrected chi connectivity index (χ0v) is 13.0. The molecule has 0 atom stereocenters. The van der Waals surface area contributed by atoms with Crippen LogP contribution in [0.25, 0.3) is 11.4 Å². The second kappa shape index (κ2) is 7.31. The molecule has 3 heterocycles. The predicted molar refractivity (Wildman–Crippen MR) is 88.8 cm³/mol. The van der Waals surface area contributed by atoms with Crippen LogP contribution in [0.5, 0.6) is 0 Å². The predicted octanol–water partition coefficient (Wildman–Crippen LogP) is 2.66. The lowest BCUT2D eigenvalue weighted by Crippen LogP contribution is -2.35. The molecule has 3 rings (SSSR count). The van der Waals surface area contributed by atoms with E-state index >= 15 is 0 Å². The monoisotopic (exact) mass is 297 g/mol. The first-order valence-corrected chi connectivity index (χ1v) is 8.11. The Kier molecular flexibility index (Phi) is 4.96. The average molecular weight is 297 g/mol. The molecule has 2 aromatic rings. The number of hydrogen-bond acceptors (Lipinski definition) is 5. The van der Waals surface area contributed by atoms with Gasteiger partial charge in [-0.2, -0.15) is 0 Å². The molecule has 0 spiro atoms. The van der Waals surface area contributed by atoms with Crippen LogP contribution in [0.2, 0.25) is 0 Å². The third-order valence-electron chi connectivity index (χ3n) is 3.92. The fourth-order valence-electron chi connectivity index (χ4n) is 2.76. The van der Waals surface area contributed by atoms with Gasteiger partial charge >= 0.3 is 0 Å². The second-order valence-electron chi connectivity index (χ2n) is 5.72. The van der Waals surface area contributed by atoms with E-state index in [1.807, 2.05) is 12.1 Å². The largest absolute Gasteiger partial charge is 0.367 e. The van der Waals surface area contributed by atoms with E-state index in [4.69, 9.17) is 9.97 Å². The number of pyridine rings is 1. The Morgan fingerprint density at radius 2 is 1.95 bits per heavy atom. The van der Waals surface area contributed by atoms with Crippen LogP contribution >= 0.6 is 0 Å². The van der Waals surface area contributed by atoms with Crippen molar-refractivity contribution in [3.63, 3.8) is 0 Å². The second-order valence-corrected chi connectivity index (χ2v) is 5.72. The summed E-state index contributed by atoms with van der Waals surface area (Å²) in [6.07, 6.45) is 7.90. The summed E-state index contributed by atoms with van der Waals surface area (Å²) in [4.78, 5) is 13.5. The SMILES string of the molecule is CCCc1cc(NC2CCNCC2)nc(-c2ccncc2)n1. The Hall–Kier alpha value is -2.01. The molecule has 1 fully saturated rings. The lowest BCUT2D eigenvalue weighted by molar-refractivity contribution is 0.478. The van der Waals surface area contributed by atoms with Crippen LogP contribution in [0.15, 0.2) is 30.6 Å². The molecule has 2 N–H and O–H groups in total. The molecule has 0 amide bonds. The fourth-order valence-corrected chi connectivity index (χ4v) is 2.76. The van der Waals surface area contributed by atoms with Crippen LogP contribution in [0.4, 0.5) is 5.82 Å². The smallest absolute Gasteiger partial charge is 0.161 e. The van der Waals surface area contributed by atoms with Crippen LogP contribution in [-0.2, 0) is 6.42 Å². The lowest BCUT2D eigenvalue weighted by atomic mass is 10.1. The maximum absolute atomic E-state index is 4.71. The number of rotatable bonds is 5. The first kappa shape index (κ1) is 14.9. The van der Waals surface area contributed by atoms with E-state index in [-0.39, 0.29) is 0 Å². The van der Waals surface area contributed by atoms with Gasteiger partial charge in [-0.15, -0.1) is 0 Å². The van der Waals surface area contributed by atoms with Crippen molar-refractivity contribution < 1.29 is 0 Å². The molecule has 2 aromatic heterocycles. The maximum atomic E-state index is 4.71. The number of anilines is 1. The van der Waals surface area contributed by atoms with E-state index < -0.39 is 0 Å². The molecule has 0 unspecified atom stereocenters. The van der Waals surface area contributed by atoms with Crippen molar-refractivity contribution in [1.82, 2.24) is 20.3 Å². The first-order valence-electron chi connectivity index (χ1n) is 8.11. The van der Waals surface area contributed by atoms with Gasteiger partial charge in [-0.05, 0) is 44.5 Å². The first-order chi connectivity index (χ1) is 10.8. The molecular formula is C17H23N5. The number of nitrogens with one attached hydrogen (secondary N) is 2. The third-order valence-corrected chi connectivity index (χ3v) is 3.92. The summed E-state index contributed by atoms with van der Waals surface area (Å²) in [5, 5.41) is 6.97. The van der Waals surface area contributed by atoms with E-state index in [0.717, 1.165) is 61.7 Å². The summed E-state index contributed by atoms with van der Waals surface area (Å²) in [6, 6.07) is 6.51. The van der Waals surface area contributed by atoms with Crippen molar-refractivity contribution in [3.8, 4) is 11.4 Å². The van der Waals surface area contributed by atoms with E-state index in [9.17, 15) is 0 Å². The number of nitrogens with zero attached hydrogens (tertiary/aromatic N) is 3. The molecule has 0 aliphatic carbocycles. The van der Waals surface area contributed by atoms with Gasteiger partial charge in [0.2, 0.25) is 0 Å². The summed E-state index contributed by atoms with van der Waals surface area (Å²) in [6.45, 7) is 4.32. The molecule has 1 aliphatic rings. The molecule has 0 radical (unpaired) electrons. The van der Waals surface area contributed by atoms with Gasteiger partial charge in [0.25, 0.3) is 0 Å². The highest BCUT2D eigenvalue weighted by molar-refractivity contribution is 5.57. The van der Waals surface area contributed by atoms with Gasteiger partial charge in [0.1, 0.15) is 5.82 Å². The molecule has 0 bridgehead atoms. The minimum Gasteiger partial charge on any atom is -0.367 e. The highest BCUT2D eigenvalue weighted by Crippen LogP contribution is 2.19. The number of aryl methyl sites for hydroxylation is 1. The van der Waals surface area contributed by atoms with Crippen molar-refractivity contribution in [2.45, 2.75) is 38.6 Å². The zero-order chi connectivity index (χ0) is 15.2. The normalized spacial score (nSPS) is 15.7. The molecule has 22 heavy (non-hydrogen) atoms.